The second-order valence-electron chi connectivity index (χ2n) is 7.03. The molecule has 1 aliphatic rings. The van der Waals surface area contributed by atoms with Gasteiger partial charge in [0.1, 0.15) is 11.5 Å². The van der Waals surface area contributed by atoms with Crippen molar-refractivity contribution >= 4 is 40.1 Å². The zero-order chi connectivity index (χ0) is 21.3. The molecule has 158 valence electrons. The van der Waals surface area contributed by atoms with E-state index in [1.807, 2.05) is 18.2 Å². The van der Waals surface area contributed by atoms with Crippen LogP contribution in [0.4, 0.5) is 5.95 Å². The second kappa shape index (κ2) is 8.81. The molecule has 1 saturated heterocycles. The van der Waals surface area contributed by atoms with Crippen LogP contribution in [-0.4, -0.2) is 49.5 Å². The van der Waals surface area contributed by atoms with Crippen LogP contribution >= 0.6 is 23.2 Å². The number of halogens is 2. The highest BCUT2D eigenvalue weighted by Crippen LogP contribution is 2.46. The predicted molar refractivity (Wildman–Crippen MR) is 119 cm³/mol. The first-order valence-electron chi connectivity index (χ1n) is 9.48. The Bertz CT molecular complexity index is 1050. The fourth-order valence-corrected chi connectivity index (χ4v) is 4.19. The van der Waals surface area contributed by atoms with E-state index in [4.69, 9.17) is 43.1 Å². The van der Waals surface area contributed by atoms with Gasteiger partial charge in [0.15, 0.2) is 0 Å². The molecule has 0 radical (unpaired) electrons. The van der Waals surface area contributed by atoms with Crippen LogP contribution < -0.4 is 20.5 Å². The number of fused-ring (bicyclic) bond motifs is 1. The van der Waals surface area contributed by atoms with Crippen LogP contribution in [0.25, 0.3) is 22.0 Å². The van der Waals surface area contributed by atoms with E-state index in [-0.39, 0.29) is 12.1 Å². The number of benzene rings is 2. The van der Waals surface area contributed by atoms with Crippen molar-refractivity contribution in [2.75, 3.05) is 32.8 Å². The Morgan fingerprint density at radius 1 is 1.13 bits per heavy atom. The number of hydrogen-bond donors (Lipinski definition) is 2. The largest absolute Gasteiger partial charge is 0.495 e. The molecule has 4 rings (SSSR count). The van der Waals surface area contributed by atoms with Crippen LogP contribution in [0.15, 0.2) is 30.5 Å². The third-order valence-electron chi connectivity index (χ3n) is 5.17. The standard InChI is InChI=1S/C21H22Cl2N4O3/c1-28-16-8-17(29-2)20(23)18(19(16)22)11-3-4-14-12(7-11)9-25-21(26-14)27-15-10-30-6-5-13(15)24/h3-4,7-9,13,15H,5-6,10,24H2,1-2H3,(H,25,26,27). The summed E-state index contributed by atoms with van der Waals surface area (Å²) in [5.74, 6) is 1.48. The fraction of sp³-hybridized carbons (Fsp3) is 0.333. The highest BCUT2D eigenvalue weighted by Gasteiger charge is 2.23. The molecule has 1 fully saturated rings. The summed E-state index contributed by atoms with van der Waals surface area (Å²) in [6.07, 6.45) is 2.56. The number of nitrogens with one attached hydrogen (secondary N) is 1. The lowest BCUT2D eigenvalue weighted by atomic mass is 10.0. The number of hydrogen-bond acceptors (Lipinski definition) is 7. The molecule has 2 unspecified atom stereocenters. The molecule has 1 aliphatic heterocycles. The Kier molecular flexibility index (Phi) is 6.15. The third-order valence-corrected chi connectivity index (χ3v) is 5.92. The van der Waals surface area contributed by atoms with Gasteiger partial charge >= 0.3 is 0 Å². The van der Waals surface area contributed by atoms with Crippen molar-refractivity contribution in [3.63, 3.8) is 0 Å². The van der Waals surface area contributed by atoms with Crippen molar-refractivity contribution in [1.82, 2.24) is 9.97 Å². The predicted octanol–water partition coefficient (Wildman–Crippen LogP) is 4.15. The minimum atomic E-state index is -0.0164. The summed E-state index contributed by atoms with van der Waals surface area (Å²) in [5, 5.41) is 4.93. The maximum atomic E-state index is 6.55. The Balaban J connectivity index is 1.70. The molecule has 2 heterocycles. The maximum absolute atomic E-state index is 6.55. The van der Waals surface area contributed by atoms with E-state index < -0.39 is 0 Å². The topological polar surface area (TPSA) is 91.5 Å². The number of aromatic nitrogens is 2. The maximum Gasteiger partial charge on any atom is 0.223 e. The van der Waals surface area contributed by atoms with Crippen LogP contribution in [0.2, 0.25) is 10.0 Å². The summed E-state index contributed by atoms with van der Waals surface area (Å²) >= 11 is 13.1. The van der Waals surface area contributed by atoms with Gasteiger partial charge in [-0.1, -0.05) is 29.3 Å². The quantitative estimate of drug-likeness (QED) is 0.605. The Morgan fingerprint density at radius 2 is 1.87 bits per heavy atom. The molecule has 30 heavy (non-hydrogen) atoms. The van der Waals surface area contributed by atoms with Crippen molar-refractivity contribution < 1.29 is 14.2 Å². The Hall–Kier alpha value is -2.32. The summed E-state index contributed by atoms with van der Waals surface area (Å²) in [7, 11) is 3.09. The van der Waals surface area contributed by atoms with Gasteiger partial charge in [-0.3, -0.25) is 0 Å². The number of rotatable bonds is 5. The number of ether oxygens (including phenoxy) is 3. The molecule has 0 amide bonds. The zero-order valence-electron chi connectivity index (χ0n) is 16.6. The fourth-order valence-electron chi connectivity index (χ4n) is 3.47. The van der Waals surface area contributed by atoms with E-state index in [0.717, 1.165) is 22.9 Å². The van der Waals surface area contributed by atoms with Gasteiger partial charge in [0, 0.05) is 35.9 Å². The SMILES string of the molecule is COc1cc(OC)c(Cl)c(-c2ccc3nc(NC4COCCC4N)ncc3c2)c1Cl. The Morgan fingerprint density at radius 3 is 2.53 bits per heavy atom. The number of nitrogens with zero attached hydrogens (tertiary/aromatic N) is 2. The molecule has 0 spiro atoms. The molecule has 0 saturated carbocycles. The van der Waals surface area contributed by atoms with Crippen molar-refractivity contribution in [2.24, 2.45) is 5.73 Å². The van der Waals surface area contributed by atoms with E-state index in [1.54, 1.807) is 26.5 Å². The first kappa shape index (κ1) is 20.9. The zero-order valence-corrected chi connectivity index (χ0v) is 18.1. The third kappa shape index (κ3) is 3.98. The van der Waals surface area contributed by atoms with Crippen molar-refractivity contribution in [3.05, 3.63) is 40.5 Å². The van der Waals surface area contributed by atoms with Gasteiger partial charge in [0.2, 0.25) is 5.95 Å². The van der Waals surface area contributed by atoms with Gasteiger partial charge in [-0.25, -0.2) is 9.97 Å². The second-order valence-corrected chi connectivity index (χ2v) is 7.79. The van der Waals surface area contributed by atoms with E-state index in [1.165, 1.54) is 0 Å². The molecule has 3 N–H and O–H groups in total. The van der Waals surface area contributed by atoms with Crippen molar-refractivity contribution in [1.29, 1.82) is 0 Å². The van der Waals surface area contributed by atoms with Crippen LogP contribution in [-0.2, 0) is 4.74 Å². The lowest BCUT2D eigenvalue weighted by Crippen LogP contribution is -2.47. The Labute approximate surface area is 184 Å². The molecule has 7 nitrogen and oxygen atoms in total. The summed E-state index contributed by atoms with van der Waals surface area (Å²) < 4.78 is 16.2. The highest BCUT2D eigenvalue weighted by atomic mass is 35.5. The number of methoxy groups -OCH3 is 2. The molecule has 2 atom stereocenters. The van der Waals surface area contributed by atoms with E-state index in [0.29, 0.717) is 46.3 Å². The highest BCUT2D eigenvalue weighted by molar-refractivity contribution is 6.41. The van der Waals surface area contributed by atoms with Gasteiger partial charge in [0.25, 0.3) is 0 Å². The van der Waals surface area contributed by atoms with Crippen LogP contribution in [0, 0.1) is 0 Å². The minimum Gasteiger partial charge on any atom is -0.495 e. The molecule has 0 bridgehead atoms. The van der Waals surface area contributed by atoms with E-state index >= 15 is 0 Å². The molecule has 2 aromatic carbocycles. The molecule has 1 aromatic heterocycles. The number of nitrogens with two attached hydrogens (primary N) is 1. The molecular formula is C21H22Cl2N4O3. The lowest BCUT2D eigenvalue weighted by molar-refractivity contribution is 0.0766. The van der Waals surface area contributed by atoms with E-state index in [2.05, 4.69) is 15.3 Å². The average molecular weight is 449 g/mol. The smallest absolute Gasteiger partial charge is 0.223 e. The number of anilines is 1. The van der Waals surface area contributed by atoms with Crippen molar-refractivity contribution in [3.8, 4) is 22.6 Å². The van der Waals surface area contributed by atoms with Gasteiger partial charge < -0.3 is 25.3 Å². The van der Waals surface area contributed by atoms with Crippen molar-refractivity contribution in [2.45, 2.75) is 18.5 Å². The van der Waals surface area contributed by atoms with Gasteiger partial charge in [0.05, 0.1) is 42.4 Å². The van der Waals surface area contributed by atoms with E-state index in [9.17, 15) is 0 Å². The normalized spacial score (nSPS) is 19.0. The summed E-state index contributed by atoms with van der Waals surface area (Å²) in [6, 6.07) is 7.38. The summed E-state index contributed by atoms with van der Waals surface area (Å²) in [4.78, 5) is 9.04. The first-order valence-corrected chi connectivity index (χ1v) is 10.2. The minimum absolute atomic E-state index is 0.00717. The van der Waals surface area contributed by atoms with Crippen LogP contribution in [0.3, 0.4) is 0 Å². The van der Waals surface area contributed by atoms with Crippen LogP contribution in [0.5, 0.6) is 11.5 Å². The van der Waals surface area contributed by atoms with Gasteiger partial charge in [-0.15, -0.1) is 0 Å². The van der Waals surface area contributed by atoms with Gasteiger partial charge in [-0.05, 0) is 24.1 Å². The average Bonchev–Trinajstić information content (AvgIpc) is 2.76. The molecule has 9 heteroatoms. The molecule has 0 aliphatic carbocycles. The molecular weight excluding hydrogens is 427 g/mol. The van der Waals surface area contributed by atoms with Crippen LogP contribution in [0.1, 0.15) is 6.42 Å². The monoisotopic (exact) mass is 448 g/mol. The molecule has 3 aromatic rings. The summed E-state index contributed by atoms with van der Waals surface area (Å²) in [5.41, 5.74) is 8.37. The summed E-state index contributed by atoms with van der Waals surface area (Å²) in [6.45, 7) is 1.22. The van der Waals surface area contributed by atoms with Gasteiger partial charge in [-0.2, -0.15) is 0 Å². The first-order chi connectivity index (χ1) is 14.5. The lowest BCUT2D eigenvalue weighted by Gasteiger charge is -2.29.